The third-order valence-corrected chi connectivity index (χ3v) is 4.89. The van der Waals surface area contributed by atoms with E-state index < -0.39 is 0 Å². The van der Waals surface area contributed by atoms with Crippen LogP contribution in [-0.4, -0.2) is 44.4 Å². The number of ether oxygens (including phenoxy) is 2. The summed E-state index contributed by atoms with van der Waals surface area (Å²) in [5, 5.41) is 0. The Bertz CT molecular complexity index is 428. The molecule has 0 unspecified atom stereocenters. The zero-order chi connectivity index (χ0) is 16.4. The van der Waals surface area contributed by atoms with Crippen molar-refractivity contribution in [3.8, 4) is 11.5 Å². The fourth-order valence-electron chi connectivity index (χ4n) is 3.20. The maximum absolute atomic E-state index is 5.96. The molecule has 0 bridgehead atoms. The predicted octanol–water partition coefficient (Wildman–Crippen LogP) is 4.65. The fourth-order valence-corrected chi connectivity index (χ4v) is 3.20. The van der Waals surface area contributed by atoms with Crippen molar-refractivity contribution in [1.29, 1.82) is 0 Å². The average molecular weight is 409 g/mol. The van der Waals surface area contributed by atoms with Crippen molar-refractivity contribution in [2.24, 2.45) is 0 Å². The molecule has 0 spiro atoms. The van der Waals surface area contributed by atoms with Crippen LogP contribution < -0.4 is 9.47 Å². The van der Waals surface area contributed by atoms with Crippen LogP contribution in [0.15, 0.2) is 24.3 Å². The molecule has 4 heteroatoms. The summed E-state index contributed by atoms with van der Waals surface area (Å²) >= 11 is 0. The molecule has 2 rings (SSSR count). The van der Waals surface area contributed by atoms with E-state index >= 15 is 0 Å². The second kappa shape index (κ2) is 12.3. The molecule has 133 valence electrons. The molecule has 1 aliphatic rings. The molecule has 1 heterocycles. The van der Waals surface area contributed by atoms with E-state index in [1.54, 1.807) is 0 Å². The molecule has 0 N–H and O–H groups in total. The fraction of sp³-hybridized carbons (Fsp3) is 0.700. The Balaban J connectivity index is 0.00000288. The molecule has 24 heavy (non-hydrogen) atoms. The standard InChI is InChI=1S/C20H34NO2.Y/c1-3-4-17-22-19-10-12-20(13-11-19)23-18-16-21(2)14-8-6-5-7-9-15-21;/h10-13H,3-9,14-18H2,1-2H3;/q+1;. The van der Waals surface area contributed by atoms with Crippen LogP contribution in [0.4, 0.5) is 0 Å². The van der Waals surface area contributed by atoms with E-state index in [0.717, 1.165) is 48.6 Å². The van der Waals surface area contributed by atoms with Crippen molar-refractivity contribution in [1.82, 2.24) is 0 Å². The molecule has 0 amide bonds. The normalized spacial score (nSPS) is 17.2. The molecular formula is C20H34NO2Y+. The molecule has 1 fully saturated rings. The third-order valence-electron chi connectivity index (χ3n) is 4.89. The number of quaternary nitrogens is 1. The summed E-state index contributed by atoms with van der Waals surface area (Å²) < 4.78 is 12.8. The Morgan fingerprint density at radius 2 is 1.33 bits per heavy atom. The van der Waals surface area contributed by atoms with Gasteiger partial charge in [0.25, 0.3) is 0 Å². The van der Waals surface area contributed by atoms with Crippen LogP contribution in [-0.2, 0) is 32.7 Å². The second-order valence-electron chi connectivity index (χ2n) is 7.08. The number of nitrogens with zero attached hydrogens (tertiary/aromatic N) is 1. The zero-order valence-corrected chi connectivity index (χ0v) is 18.5. The van der Waals surface area contributed by atoms with Gasteiger partial charge in [0.2, 0.25) is 0 Å². The van der Waals surface area contributed by atoms with Gasteiger partial charge in [0.1, 0.15) is 24.7 Å². The molecule has 0 aromatic heterocycles. The zero-order valence-electron chi connectivity index (χ0n) is 15.6. The monoisotopic (exact) mass is 409 g/mol. The maximum atomic E-state index is 5.96. The third kappa shape index (κ3) is 8.31. The number of likely N-dealkylation sites (N-methyl/N-ethyl adjacent to an activating group) is 1. The quantitative estimate of drug-likeness (QED) is 0.460. The van der Waals surface area contributed by atoms with Gasteiger partial charge in [-0.25, -0.2) is 0 Å². The Kier molecular flexibility index (Phi) is 11.2. The van der Waals surface area contributed by atoms with E-state index in [1.165, 1.54) is 45.2 Å². The van der Waals surface area contributed by atoms with Gasteiger partial charge in [-0.3, -0.25) is 0 Å². The van der Waals surface area contributed by atoms with Crippen LogP contribution in [0.5, 0.6) is 11.5 Å². The summed E-state index contributed by atoms with van der Waals surface area (Å²) in [5.74, 6) is 1.89. The Morgan fingerprint density at radius 3 is 1.88 bits per heavy atom. The van der Waals surface area contributed by atoms with Gasteiger partial charge in [-0.2, -0.15) is 0 Å². The molecule has 0 saturated carbocycles. The average Bonchev–Trinajstić information content (AvgIpc) is 2.53. The summed E-state index contributed by atoms with van der Waals surface area (Å²) in [6.07, 6.45) is 9.21. The molecule has 3 nitrogen and oxygen atoms in total. The summed E-state index contributed by atoms with van der Waals surface area (Å²) in [4.78, 5) is 0. The number of unbranched alkanes of at least 4 members (excludes halogenated alkanes) is 1. The number of hydrogen-bond donors (Lipinski definition) is 0. The van der Waals surface area contributed by atoms with E-state index in [9.17, 15) is 0 Å². The van der Waals surface area contributed by atoms with Crippen LogP contribution in [0.1, 0.15) is 51.9 Å². The number of hydrogen-bond acceptors (Lipinski definition) is 2. The first-order valence-corrected chi connectivity index (χ1v) is 9.41. The molecule has 0 atom stereocenters. The van der Waals surface area contributed by atoms with Crippen molar-refractivity contribution < 1.29 is 46.7 Å². The summed E-state index contributed by atoms with van der Waals surface area (Å²) in [5.41, 5.74) is 0. The largest absolute Gasteiger partial charge is 0.494 e. The van der Waals surface area contributed by atoms with Crippen molar-refractivity contribution >= 4 is 0 Å². The van der Waals surface area contributed by atoms with E-state index in [1.807, 2.05) is 24.3 Å². The first-order chi connectivity index (χ1) is 11.2. The van der Waals surface area contributed by atoms with Crippen molar-refractivity contribution in [2.45, 2.75) is 51.9 Å². The van der Waals surface area contributed by atoms with Crippen molar-refractivity contribution in [3.63, 3.8) is 0 Å². The van der Waals surface area contributed by atoms with Gasteiger partial charge in [0.05, 0.1) is 26.7 Å². The molecule has 1 aliphatic heterocycles. The number of likely N-dealkylation sites (tertiary alicyclic amines) is 1. The topological polar surface area (TPSA) is 18.5 Å². The molecule has 1 saturated heterocycles. The summed E-state index contributed by atoms with van der Waals surface area (Å²) in [6, 6.07) is 8.07. The predicted molar refractivity (Wildman–Crippen MR) is 96.2 cm³/mol. The first kappa shape index (κ1) is 21.9. The van der Waals surface area contributed by atoms with Crippen molar-refractivity contribution in [3.05, 3.63) is 24.3 Å². The Hall–Kier alpha value is -0.116. The van der Waals surface area contributed by atoms with E-state index in [0.29, 0.717) is 0 Å². The van der Waals surface area contributed by atoms with Gasteiger partial charge < -0.3 is 14.0 Å². The van der Waals surface area contributed by atoms with Crippen LogP contribution in [0.25, 0.3) is 0 Å². The molecule has 1 radical (unpaired) electrons. The molecular weight excluding hydrogens is 375 g/mol. The minimum Gasteiger partial charge on any atom is -0.494 e. The van der Waals surface area contributed by atoms with E-state index in [4.69, 9.17) is 9.47 Å². The summed E-state index contributed by atoms with van der Waals surface area (Å²) in [6.45, 7) is 7.48. The smallest absolute Gasteiger partial charge is 0.137 e. The van der Waals surface area contributed by atoms with Gasteiger partial charge in [-0.15, -0.1) is 0 Å². The minimum atomic E-state index is 0. The number of benzene rings is 1. The van der Waals surface area contributed by atoms with Crippen molar-refractivity contribution in [2.75, 3.05) is 39.9 Å². The van der Waals surface area contributed by atoms with Gasteiger partial charge in [-0.05, 0) is 56.4 Å². The SMILES string of the molecule is CCCCOc1ccc(OCC[N+]2(C)CCCCCCC2)cc1.[Y]. The first-order valence-electron chi connectivity index (χ1n) is 9.41. The Morgan fingerprint density at radius 1 is 0.833 bits per heavy atom. The van der Waals surface area contributed by atoms with Crippen LogP contribution in [0.3, 0.4) is 0 Å². The van der Waals surface area contributed by atoms with Gasteiger partial charge in [-0.1, -0.05) is 19.8 Å². The minimum absolute atomic E-state index is 0. The maximum Gasteiger partial charge on any atom is 0.137 e. The van der Waals surface area contributed by atoms with Gasteiger partial charge in [0.15, 0.2) is 0 Å². The van der Waals surface area contributed by atoms with Crippen LogP contribution in [0, 0.1) is 0 Å². The van der Waals surface area contributed by atoms with Crippen LogP contribution >= 0.6 is 0 Å². The molecule has 0 aliphatic carbocycles. The van der Waals surface area contributed by atoms with Gasteiger partial charge >= 0.3 is 0 Å². The number of rotatable bonds is 8. The van der Waals surface area contributed by atoms with E-state index in [-0.39, 0.29) is 32.7 Å². The van der Waals surface area contributed by atoms with Gasteiger partial charge in [0, 0.05) is 32.7 Å². The summed E-state index contributed by atoms with van der Waals surface area (Å²) in [7, 11) is 2.39. The van der Waals surface area contributed by atoms with E-state index in [2.05, 4.69) is 14.0 Å². The molecule has 1 aromatic rings. The Labute approximate surface area is 173 Å². The molecule has 1 aromatic carbocycles. The second-order valence-corrected chi connectivity index (χ2v) is 7.08. The van der Waals surface area contributed by atoms with Crippen LogP contribution in [0.2, 0.25) is 0 Å².